The quantitative estimate of drug-likeness (QED) is 0.380. The van der Waals surface area contributed by atoms with E-state index in [1.54, 1.807) is 6.08 Å². The van der Waals surface area contributed by atoms with Crippen LogP contribution in [0.3, 0.4) is 0 Å². The van der Waals surface area contributed by atoms with Crippen LogP contribution in [0.25, 0.3) is 0 Å². The minimum atomic E-state index is 1.21. The van der Waals surface area contributed by atoms with E-state index >= 15 is 0 Å². The zero-order chi connectivity index (χ0) is 10.5. The number of hydrogen-bond acceptors (Lipinski definition) is 0. The Balaban J connectivity index is 3.18. The maximum absolute atomic E-state index is 3.61. The number of rotatable bonds is 8. The molecule has 0 aromatic carbocycles. The van der Waals surface area contributed by atoms with Crippen LogP contribution in [0.4, 0.5) is 0 Å². The molecule has 0 spiro atoms. The second-order valence-electron chi connectivity index (χ2n) is 3.44. The van der Waals surface area contributed by atoms with Crippen LogP contribution in [0, 0.1) is 6.92 Å². The minimum absolute atomic E-state index is 1.21. The molecule has 0 aromatic heterocycles. The summed E-state index contributed by atoms with van der Waals surface area (Å²) >= 11 is 0. The second kappa shape index (κ2) is 12.2. The van der Waals surface area contributed by atoms with Gasteiger partial charge in [0, 0.05) is 0 Å². The molecule has 0 bridgehead atoms. The highest BCUT2D eigenvalue weighted by Gasteiger charge is 1.85. The van der Waals surface area contributed by atoms with Crippen LogP contribution in [-0.4, -0.2) is 0 Å². The largest absolute Gasteiger partial charge is 0.0845 e. The van der Waals surface area contributed by atoms with Crippen molar-refractivity contribution in [1.82, 2.24) is 0 Å². The van der Waals surface area contributed by atoms with Crippen molar-refractivity contribution < 1.29 is 0 Å². The van der Waals surface area contributed by atoms with Crippen molar-refractivity contribution >= 4 is 0 Å². The van der Waals surface area contributed by atoms with Crippen LogP contribution in [0.1, 0.15) is 45.4 Å². The van der Waals surface area contributed by atoms with Crippen molar-refractivity contribution in [2.45, 2.75) is 45.4 Å². The summed E-state index contributed by atoms with van der Waals surface area (Å²) in [7, 11) is 0. The third kappa shape index (κ3) is 11.2. The Hall–Kier alpha value is -0.780. The van der Waals surface area contributed by atoms with Gasteiger partial charge in [0.25, 0.3) is 0 Å². The lowest BCUT2D eigenvalue weighted by atomic mass is 10.1. The summed E-state index contributed by atoms with van der Waals surface area (Å²) in [6, 6.07) is 0. The van der Waals surface area contributed by atoms with E-state index < -0.39 is 0 Å². The minimum Gasteiger partial charge on any atom is -0.0845 e. The molecular weight excluding hydrogens is 168 g/mol. The second-order valence-corrected chi connectivity index (χ2v) is 3.44. The number of unbranched alkanes of at least 4 members (excludes halogenated alkanes) is 5. The Morgan fingerprint density at radius 1 is 0.857 bits per heavy atom. The fraction of sp³-hybridized carbons (Fsp3) is 0.500. The van der Waals surface area contributed by atoms with Gasteiger partial charge in [-0.25, -0.2) is 0 Å². The summed E-state index contributed by atoms with van der Waals surface area (Å²) in [5.41, 5.74) is 0. The van der Waals surface area contributed by atoms with Gasteiger partial charge in [-0.1, -0.05) is 69.1 Å². The molecule has 0 aliphatic rings. The van der Waals surface area contributed by atoms with Crippen molar-refractivity contribution in [2.24, 2.45) is 0 Å². The van der Waals surface area contributed by atoms with Gasteiger partial charge in [-0.2, -0.15) is 0 Å². The average Bonchev–Trinajstić information content (AvgIpc) is 2.21. The van der Waals surface area contributed by atoms with E-state index in [9.17, 15) is 0 Å². The summed E-state index contributed by atoms with van der Waals surface area (Å²) in [5, 5.41) is 0. The zero-order valence-corrected chi connectivity index (χ0v) is 9.41. The molecule has 0 fully saturated rings. The molecule has 0 N–H and O–H groups in total. The first-order valence-electron chi connectivity index (χ1n) is 5.69. The molecule has 0 heterocycles. The van der Waals surface area contributed by atoms with Gasteiger partial charge in [-0.05, 0) is 19.8 Å². The van der Waals surface area contributed by atoms with Crippen LogP contribution in [0.5, 0.6) is 0 Å². The van der Waals surface area contributed by atoms with Crippen LogP contribution in [0.2, 0.25) is 0 Å². The Morgan fingerprint density at radius 2 is 1.57 bits per heavy atom. The molecule has 0 rings (SSSR count). The lowest BCUT2D eigenvalue weighted by Crippen LogP contribution is -1.75. The smallest absolute Gasteiger partial charge is 0.0313 e. The van der Waals surface area contributed by atoms with Crippen molar-refractivity contribution in [3.05, 3.63) is 43.4 Å². The highest BCUT2D eigenvalue weighted by Crippen LogP contribution is 2.05. The molecule has 0 saturated carbocycles. The monoisotopic (exact) mass is 191 g/mol. The lowest BCUT2D eigenvalue weighted by molar-refractivity contribution is 0.637. The normalized spacial score (nSPS) is 12.4. The Bertz CT molecular complexity index is 172. The van der Waals surface area contributed by atoms with Crippen LogP contribution < -0.4 is 0 Å². The Morgan fingerprint density at radius 3 is 2.29 bits per heavy atom. The predicted molar refractivity (Wildman–Crippen MR) is 66.2 cm³/mol. The fourth-order valence-electron chi connectivity index (χ4n) is 1.25. The van der Waals surface area contributed by atoms with E-state index in [1.165, 1.54) is 38.5 Å². The molecule has 0 heteroatoms. The van der Waals surface area contributed by atoms with E-state index in [0.29, 0.717) is 0 Å². The molecule has 0 atom stereocenters. The maximum Gasteiger partial charge on any atom is -0.0313 e. The summed E-state index contributed by atoms with van der Waals surface area (Å²) in [4.78, 5) is 0. The van der Waals surface area contributed by atoms with Crippen LogP contribution in [-0.2, 0) is 0 Å². The summed E-state index contributed by atoms with van der Waals surface area (Å²) in [6.45, 7) is 5.86. The molecule has 0 saturated heterocycles. The van der Waals surface area contributed by atoms with Gasteiger partial charge in [-0.3, -0.25) is 0 Å². The average molecular weight is 191 g/mol. The van der Waals surface area contributed by atoms with Crippen LogP contribution >= 0.6 is 0 Å². The van der Waals surface area contributed by atoms with Gasteiger partial charge < -0.3 is 0 Å². The maximum atomic E-state index is 3.61. The molecule has 0 amide bonds. The first-order chi connectivity index (χ1) is 6.91. The molecule has 0 aromatic rings. The van der Waals surface area contributed by atoms with Gasteiger partial charge in [0.1, 0.15) is 0 Å². The van der Waals surface area contributed by atoms with Crippen molar-refractivity contribution in [3.8, 4) is 0 Å². The SMILES string of the molecule is [CH2]/C=C/C=C/C=C/CCCCCCC. The molecule has 0 aliphatic carbocycles. The van der Waals surface area contributed by atoms with Gasteiger partial charge in [0.15, 0.2) is 0 Å². The van der Waals surface area contributed by atoms with Crippen molar-refractivity contribution in [3.63, 3.8) is 0 Å². The van der Waals surface area contributed by atoms with Gasteiger partial charge >= 0.3 is 0 Å². The highest BCUT2D eigenvalue weighted by atomic mass is 13.9. The molecule has 14 heavy (non-hydrogen) atoms. The molecular formula is C14H23. The lowest BCUT2D eigenvalue weighted by Gasteiger charge is -1.95. The third-order valence-corrected chi connectivity index (χ3v) is 2.08. The summed E-state index contributed by atoms with van der Waals surface area (Å²) in [5.74, 6) is 0. The van der Waals surface area contributed by atoms with Crippen molar-refractivity contribution in [1.29, 1.82) is 0 Å². The standard InChI is InChI=1S/C14H23/c1-3-5-7-9-11-13-14-12-10-8-6-4-2/h3,5,7,9,11,13H,1,4,6,8,10,12,14H2,2H3/b5-3+,9-7+,13-11+. The highest BCUT2D eigenvalue weighted by molar-refractivity contribution is 5.11. The molecule has 0 aliphatic heterocycles. The van der Waals surface area contributed by atoms with E-state index in [-0.39, 0.29) is 0 Å². The number of allylic oxidation sites excluding steroid dienone is 6. The van der Waals surface area contributed by atoms with Gasteiger partial charge in [0.2, 0.25) is 0 Å². The summed E-state index contributed by atoms with van der Waals surface area (Å²) < 4.78 is 0. The van der Waals surface area contributed by atoms with E-state index in [0.717, 1.165) is 0 Å². The van der Waals surface area contributed by atoms with E-state index in [2.05, 4.69) is 26.0 Å². The fourth-order valence-corrected chi connectivity index (χ4v) is 1.25. The zero-order valence-electron chi connectivity index (χ0n) is 9.41. The molecule has 0 nitrogen and oxygen atoms in total. The Kier molecular flexibility index (Phi) is 11.5. The third-order valence-electron chi connectivity index (χ3n) is 2.08. The first kappa shape index (κ1) is 13.2. The summed E-state index contributed by atoms with van der Waals surface area (Å²) in [6.07, 6.45) is 20.1. The first-order valence-corrected chi connectivity index (χ1v) is 5.69. The van der Waals surface area contributed by atoms with Crippen molar-refractivity contribution in [2.75, 3.05) is 0 Å². The van der Waals surface area contributed by atoms with Crippen LogP contribution in [0.15, 0.2) is 36.5 Å². The van der Waals surface area contributed by atoms with E-state index in [1.807, 2.05) is 18.2 Å². The molecule has 0 unspecified atom stereocenters. The van der Waals surface area contributed by atoms with Gasteiger partial charge in [-0.15, -0.1) is 0 Å². The number of hydrogen-bond donors (Lipinski definition) is 0. The molecule has 1 radical (unpaired) electrons. The topological polar surface area (TPSA) is 0 Å². The molecule has 79 valence electrons. The Labute approximate surface area is 89.4 Å². The van der Waals surface area contributed by atoms with E-state index in [4.69, 9.17) is 0 Å². The van der Waals surface area contributed by atoms with Gasteiger partial charge in [0.05, 0.1) is 0 Å². The predicted octanol–water partition coefficient (Wildman–Crippen LogP) is 4.85.